The maximum absolute atomic E-state index is 11.9. The van der Waals surface area contributed by atoms with Crippen LogP contribution in [0.3, 0.4) is 0 Å². The average Bonchev–Trinajstić information content (AvgIpc) is 2.37. The lowest BCUT2D eigenvalue weighted by atomic mass is 9.84. The van der Waals surface area contributed by atoms with Crippen molar-refractivity contribution in [2.75, 3.05) is 12.4 Å². The SMILES string of the molecule is CCC1(C(=O)OC)CCc2cc(Cl)ccc2N1. The molecule has 0 saturated heterocycles. The van der Waals surface area contributed by atoms with Crippen LogP contribution in [0.4, 0.5) is 5.69 Å². The zero-order valence-corrected chi connectivity index (χ0v) is 10.8. The van der Waals surface area contributed by atoms with Crippen molar-refractivity contribution in [1.82, 2.24) is 0 Å². The van der Waals surface area contributed by atoms with Crippen molar-refractivity contribution in [3.63, 3.8) is 0 Å². The van der Waals surface area contributed by atoms with Gasteiger partial charge in [-0.25, -0.2) is 4.79 Å². The lowest BCUT2D eigenvalue weighted by Gasteiger charge is -2.36. The molecule has 4 heteroatoms. The number of fused-ring (bicyclic) bond motifs is 1. The van der Waals surface area contributed by atoms with Gasteiger partial charge in [-0.2, -0.15) is 0 Å². The number of esters is 1. The lowest BCUT2D eigenvalue weighted by molar-refractivity contribution is -0.146. The molecular weight excluding hydrogens is 238 g/mol. The topological polar surface area (TPSA) is 38.3 Å². The van der Waals surface area contributed by atoms with Gasteiger partial charge in [0.15, 0.2) is 0 Å². The van der Waals surface area contributed by atoms with Crippen molar-refractivity contribution in [2.24, 2.45) is 0 Å². The van der Waals surface area contributed by atoms with Gasteiger partial charge in [-0.3, -0.25) is 0 Å². The summed E-state index contributed by atoms with van der Waals surface area (Å²) in [5.74, 6) is -0.194. The minimum atomic E-state index is -0.588. The van der Waals surface area contributed by atoms with Crippen LogP contribution in [0.2, 0.25) is 5.02 Å². The van der Waals surface area contributed by atoms with E-state index in [1.54, 1.807) is 0 Å². The number of carbonyl (C=O) groups is 1. The Balaban J connectivity index is 2.33. The summed E-state index contributed by atoms with van der Waals surface area (Å²) in [6.45, 7) is 1.99. The Bertz CT molecular complexity index is 447. The highest BCUT2D eigenvalue weighted by Gasteiger charge is 2.40. The van der Waals surface area contributed by atoms with E-state index in [-0.39, 0.29) is 5.97 Å². The summed E-state index contributed by atoms with van der Waals surface area (Å²) in [5.41, 5.74) is 1.55. The minimum absolute atomic E-state index is 0.194. The van der Waals surface area contributed by atoms with Gasteiger partial charge >= 0.3 is 5.97 Å². The van der Waals surface area contributed by atoms with Gasteiger partial charge in [0.2, 0.25) is 0 Å². The maximum Gasteiger partial charge on any atom is 0.331 e. The summed E-state index contributed by atoms with van der Waals surface area (Å²) in [5, 5.41) is 4.03. The van der Waals surface area contributed by atoms with Crippen LogP contribution in [0.15, 0.2) is 18.2 Å². The lowest BCUT2D eigenvalue weighted by Crippen LogP contribution is -2.49. The molecule has 1 aliphatic heterocycles. The second-order valence-corrected chi connectivity index (χ2v) is 4.79. The van der Waals surface area contributed by atoms with E-state index in [1.165, 1.54) is 7.11 Å². The molecule has 0 aliphatic carbocycles. The summed E-state index contributed by atoms with van der Waals surface area (Å²) in [7, 11) is 1.43. The van der Waals surface area contributed by atoms with Gasteiger partial charge in [0.05, 0.1) is 7.11 Å². The first-order valence-electron chi connectivity index (χ1n) is 5.76. The Labute approximate surface area is 106 Å². The molecule has 92 valence electrons. The zero-order chi connectivity index (χ0) is 12.5. The highest BCUT2D eigenvalue weighted by molar-refractivity contribution is 6.30. The van der Waals surface area contributed by atoms with E-state index in [9.17, 15) is 4.79 Å². The predicted octanol–water partition coefficient (Wildman–Crippen LogP) is 3.02. The molecule has 1 N–H and O–H groups in total. The Morgan fingerprint density at radius 3 is 3.00 bits per heavy atom. The average molecular weight is 254 g/mol. The van der Waals surface area contributed by atoms with Crippen molar-refractivity contribution in [1.29, 1.82) is 0 Å². The number of hydrogen-bond donors (Lipinski definition) is 1. The largest absolute Gasteiger partial charge is 0.467 e. The molecule has 3 nitrogen and oxygen atoms in total. The molecule has 1 aromatic carbocycles. The first kappa shape index (κ1) is 12.2. The highest BCUT2D eigenvalue weighted by Crippen LogP contribution is 2.34. The van der Waals surface area contributed by atoms with Crippen LogP contribution in [0, 0.1) is 0 Å². The number of benzene rings is 1. The monoisotopic (exact) mass is 253 g/mol. The number of methoxy groups -OCH3 is 1. The second kappa shape index (κ2) is 4.57. The maximum atomic E-state index is 11.9. The van der Waals surface area contributed by atoms with Crippen LogP contribution in [0.25, 0.3) is 0 Å². The van der Waals surface area contributed by atoms with E-state index in [2.05, 4.69) is 5.32 Å². The van der Waals surface area contributed by atoms with Crippen LogP contribution in [0.1, 0.15) is 25.3 Å². The number of ether oxygens (including phenoxy) is 1. The van der Waals surface area contributed by atoms with Gasteiger partial charge in [0, 0.05) is 10.7 Å². The molecule has 0 bridgehead atoms. The van der Waals surface area contributed by atoms with E-state index < -0.39 is 5.54 Å². The number of carbonyl (C=O) groups excluding carboxylic acids is 1. The number of halogens is 1. The van der Waals surface area contributed by atoms with E-state index in [4.69, 9.17) is 16.3 Å². The van der Waals surface area contributed by atoms with E-state index in [0.29, 0.717) is 6.42 Å². The Morgan fingerprint density at radius 2 is 2.35 bits per heavy atom. The van der Waals surface area contributed by atoms with E-state index in [1.807, 2.05) is 25.1 Å². The summed E-state index contributed by atoms with van der Waals surface area (Å²) in [6.07, 6.45) is 2.29. The van der Waals surface area contributed by atoms with E-state index >= 15 is 0 Å². The Morgan fingerprint density at radius 1 is 1.59 bits per heavy atom. The molecule has 1 heterocycles. The summed E-state index contributed by atoms with van der Waals surface area (Å²) < 4.78 is 4.90. The molecule has 2 rings (SSSR count). The van der Waals surface area contributed by atoms with Gasteiger partial charge in [0.1, 0.15) is 5.54 Å². The second-order valence-electron chi connectivity index (χ2n) is 4.35. The number of nitrogens with one attached hydrogen (secondary N) is 1. The fourth-order valence-electron chi connectivity index (χ4n) is 2.32. The molecule has 0 aromatic heterocycles. The summed E-state index contributed by atoms with van der Waals surface area (Å²) in [6, 6.07) is 5.70. The van der Waals surface area contributed by atoms with Gasteiger partial charge in [-0.15, -0.1) is 0 Å². The van der Waals surface area contributed by atoms with Crippen LogP contribution < -0.4 is 5.32 Å². The molecule has 1 unspecified atom stereocenters. The quantitative estimate of drug-likeness (QED) is 0.824. The zero-order valence-electron chi connectivity index (χ0n) is 10.0. The van der Waals surface area contributed by atoms with Crippen molar-refractivity contribution >= 4 is 23.3 Å². The van der Waals surface area contributed by atoms with Gasteiger partial charge < -0.3 is 10.1 Å². The summed E-state index contributed by atoms with van der Waals surface area (Å²) in [4.78, 5) is 11.9. The van der Waals surface area contributed by atoms with Crippen molar-refractivity contribution in [3.05, 3.63) is 28.8 Å². The number of rotatable bonds is 2. The number of anilines is 1. The smallest absolute Gasteiger partial charge is 0.331 e. The molecule has 0 amide bonds. The molecule has 0 saturated carbocycles. The molecule has 0 fully saturated rings. The Kier molecular flexibility index (Phi) is 3.29. The third-order valence-corrected chi connectivity index (χ3v) is 3.68. The molecular formula is C13H16ClNO2. The molecule has 1 aromatic rings. The van der Waals surface area contributed by atoms with Crippen LogP contribution in [0.5, 0.6) is 0 Å². The summed E-state index contributed by atoms with van der Waals surface area (Å²) >= 11 is 5.95. The molecule has 1 aliphatic rings. The van der Waals surface area contributed by atoms with Crippen LogP contribution >= 0.6 is 11.6 Å². The fourth-order valence-corrected chi connectivity index (χ4v) is 2.51. The third-order valence-electron chi connectivity index (χ3n) is 3.44. The first-order valence-corrected chi connectivity index (χ1v) is 6.14. The first-order chi connectivity index (χ1) is 8.11. The standard InChI is InChI=1S/C13H16ClNO2/c1-3-13(12(16)17-2)7-6-9-8-10(14)4-5-11(9)15-13/h4-5,8,15H,3,6-7H2,1-2H3. The fraction of sp³-hybridized carbons (Fsp3) is 0.462. The molecule has 1 atom stereocenters. The highest BCUT2D eigenvalue weighted by atomic mass is 35.5. The van der Waals surface area contributed by atoms with Crippen LogP contribution in [-0.4, -0.2) is 18.6 Å². The Hall–Kier alpha value is -1.22. The van der Waals surface area contributed by atoms with Crippen molar-refractivity contribution in [2.45, 2.75) is 31.7 Å². The van der Waals surface area contributed by atoms with Gasteiger partial charge in [-0.05, 0) is 43.0 Å². The van der Waals surface area contributed by atoms with Crippen molar-refractivity contribution < 1.29 is 9.53 Å². The van der Waals surface area contributed by atoms with Crippen LogP contribution in [-0.2, 0) is 16.0 Å². The third kappa shape index (κ3) is 2.12. The van der Waals surface area contributed by atoms with E-state index in [0.717, 1.165) is 29.1 Å². The van der Waals surface area contributed by atoms with Crippen molar-refractivity contribution in [3.8, 4) is 0 Å². The predicted molar refractivity (Wildman–Crippen MR) is 68.4 cm³/mol. The molecule has 17 heavy (non-hydrogen) atoms. The number of aryl methyl sites for hydroxylation is 1. The normalized spacial score (nSPS) is 22.5. The molecule has 0 spiro atoms. The van der Waals surface area contributed by atoms with Gasteiger partial charge in [-0.1, -0.05) is 18.5 Å². The molecule has 0 radical (unpaired) electrons. The minimum Gasteiger partial charge on any atom is -0.467 e. The number of hydrogen-bond acceptors (Lipinski definition) is 3. The van der Waals surface area contributed by atoms with Gasteiger partial charge in [0.25, 0.3) is 0 Å².